The van der Waals surface area contributed by atoms with Gasteiger partial charge in [0.1, 0.15) is 23.0 Å². The highest BCUT2D eigenvalue weighted by atomic mass is 32.3. The van der Waals surface area contributed by atoms with Gasteiger partial charge in [0.2, 0.25) is 31.9 Å². The smallest absolute Gasteiger partial charge is 0.249 e. The number of rotatable bonds is 8. The molecule has 312 valence electrons. The third-order valence-electron chi connectivity index (χ3n) is 10.3. The molecule has 2 atom stereocenters. The van der Waals surface area contributed by atoms with Gasteiger partial charge < -0.3 is 0 Å². The lowest BCUT2D eigenvalue weighted by Gasteiger charge is -2.18. The summed E-state index contributed by atoms with van der Waals surface area (Å²) in [5.74, 6) is -1.73. The highest BCUT2D eigenvalue weighted by molar-refractivity contribution is 7.91. The summed E-state index contributed by atoms with van der Waals surface area (Å²) in [6.45, 7) is 3.09. The second-order valence-corrected chi connectivity index (χ2v) is 19.9. The highest BCUT2D eigenvalue weighted by Crippen LogP contribution is 2.36. The third kappa shape index (κ3) is 8.75. The quantitative estimate of drug-likeness (QED) is 0.200. The Morgan fingerprint density at radius 2 is 1.00 bits per heavy atom. The maximum atomic E-state index is 14.1. The van der Waals surface area contributed by atoms with Crippen LogP contribution in [0.25, 0.3) is 22.5 Å². The van der Waals surface area contributed by atoms with Crippen LogP contribution in [0.1, 0.15) is 33.6 Å². The van der Waals surface area contributed by atoms with Crippen LogP contribution >= 0.6 is 22.7 Å². The maximum absolute atomic E-state index is 14.1. The van der Waals surface area contributed by atoms with Gasteiger partial charge in [-0.1, -0.05) is 46.9 Å². The molecule has 2 aliphatic carbocycles. The van der Waals surface area contributed by atoms with E-state index in [0.29, 0.717) is 36.8 Å². The number of amides is 2. The molecule has 0 fully saturated rings. The van der Waals surface area contributed by atoms with Gasteiger partial charge in [-0.3, -0.25) is 29.4 Å². The Labute approximate surface area is 353 Å². The number of aromatic nitrogens is 4. The summed E-state index contributed by atoms with van der Waals surface area (Å²) in [6, 6.07) is 17.0. The van der Waals surface area contributed by atoms with Crippen LogP contribution < -0.4 is 20.1 Å². The molecule has 8 rings (SSSR count). The molecule has 4 heterocycles. The summed E-state index contributed by atoms with van der Waals surface area (Å²) in [5, 5.41) is 11.0. The molecule has 20 heteroatoms. The number of primary sulfonamides is 2. The Morgan fingerprint density at radius 1 is 0.633 bits per heavy atom. The van der Waals surface area contributed by atoms with Gasteiger partial charge in [0.05, 0.1) is 11.4 Å². The molecule has 4 aromatic heterocycles. The van der Waals surface area contributed by atoms with Gasteiger partial charge in [0.15, 0.2) is 18.7 Å². The van der Waals surface area contributed by atoms with E-state index in [4.69, 9.17) is 10.3 Å². The summed E-state index contributed by atoms with van der Waals surface area (Å²) in [4.78, 5) is 45.4. The molecular formula is C40H38F2N8O6S4. The first kappa shape index (κ1) is 42.7. The monoisotopic (exact) mass is 892 g/mol. The van der Waals surface area contributed by atoms with Crippen LogP contribution in [0.15, 0.2) is 81.5 Å². The number of nitrogens with zero attached hydrogens (tertiary/aromatic N) is 6. The largest absolute Gasteiger partial charge is 0.291 e. The number of fused-ring (bicyclic) bond motifs is 2. The van der Waals surface area contributed by atoms with Crippen LogP contribution in [0.4, 0.5) is 19.0 Å². The minimum absolute atomic E-state index is 0.0473. The fourth-order valence-electron chi connectivity index (χ4n) is 7.36. The lowest BCUT2D eigenvalue weighted by atomic mass is 10.0. The number of halogens is 2. The second kappa shape index (κ2) is 16.6. The van der Waals surface area contributed by atoms with E-state index in [9.17, 15) is 35.2 Å². The lowest BCUT2D eigenvalue weighted by Crippen LogP contribution is -2.33. The molecule has 0 aliphatic heterocycles. The molecule has 60 heavy (non-hydrogen) atoms. The Kier molecular flexibility index (Phi) is 11.8. The number of carbonyl (C=O) groups excluding carboxylic acids is 2. The summed E-state index contributed by atoms with van der Waals surface area (Å²) in [7, 11) is -4.63. The number of nitrogens with two attached hydrogens (primary N) is 2. The van der Waals surface area contributed by atoms with Crippen molar-refractivity contribution >= 4 is 64.8 Å². The molecule has 6 aromatic rings. The van der Waals surface area contributed by atoms with Crippen LogP contribution in [0.5, 0.6) is 0 Å². The third-order valence-corrected chi connectivity index (χ3v) is 15.9. The van der Waals surface area contributed by atoms with Crippen molar-refractivity contribution in [1.82, 2.24) is 19.9 Å². The molecule has 4 N–H and O–H groups in total. The number of pyridine rings is 2. The van der Waals surface area contributed by atoms with E-state index in [2.05, 4.69) is 19.9 Å². The van der Waals surface area contributed by atoms with Gasteiger partial charge in [0.25, 0.3) is 0 Å². The van der Waals surface area contributed by atoms with Crippen molar-refractivity contribution in [3.8, 4) is 22.5 Å². The van der Waals surface area contributed by atoms with Gasteiger partial charge >= 0.3 is 0 Å². The average Bonchev–Trinajstić information content (AvgIpc) is 4.01. The topological polar surface area (TPSA) is 212 Å². The number of carbonyl (C=O) groups is 2. The van der Waals surface area contributed by atoms with E-state index in [-0.39, 0.29) is 65.1 Å². The molecule has 2 amide bonds. The summed E-state index contributed by atoms with van der Waals surface area (Å²) in [5.41, 5.74) is 6.45. The Hall–Kier alpha value is -5.38. The van der Waals surface area contributed by atoms with Crippen LogP contribution in [0, 0.1) is 37.3 Å². The first-order valence-corrected chi connectivity index (χ1v) is 23.0. The van der Waals surface area contributed by atoms with E-state index in [0.717, 1.165) is 44.9 Å². The number of aryl methyl sites for hydroxylation is 2. The van der Waals surface area contributed by atoms with Crippen molar-refractivity contribution < 1.29 is 35.2 Å². The maximum Gasteiger partial charge on any atom is 0.249 e. The zero-order chi connectivity index (χ0) is 43.3. The second-order valence-electron chi connectivity index (χ2n) is 14.5. The first-order valence-electron chi connectivity index (χ1n) is 18.3. The van der Waals surface area contributed by atoms with Crippen molar-refractivity contribution in [2.45, 2.75) is 47.9 Å². The molecule has 0 spiro atoms. The number of hydrogen-bond acceptors (Lipinski definition) is 12. The zero-order valence-corrected chi connectivity index (χ0v) is 35.9. The van der Waals surface area contributed by atoms with E-state index in [1.807, 2.05) is 36.4 Å². The predicted molar refractivity (Wildman–Crippen MR) is 224 cm³/mol. The van der Waals surface area contributed by atoms with E-state index < -0.39 is 31.7 Å². The summed E-state index contributed by atoms with van der Waals surface area (Å²) < 4.78 is 74.6. The Bertz CT molecular complexity index is 2710. The normalized spacial score (nSPS) is 15.8. The van der Waals surface area contributed by atoms with Gasteiger partial charge in [-0.2, -0.15) is 0 Å². The van der Waals surface area contributed by atoms with Crippen molar-refractivity contribution in [2.75, 3.05) is 23.9 Å². The minimum atomic E-state index is -3.89. The van der Waals surface area contributed by atoms with Crippen LogP contribution in [-0.4, -0.2) is 62.7 Å². The molecular weight excluding hydrogens is 855 g/mol. The van der Waals surface area contributed by atoms with Crippen LogP contribution in [0.2, 0.25) is 0 Å². The van der Waals surface area contributed by atoms with Crippen LogP contribution in [-0.2, 0) is 55.3 Å². The molecule has 0 saturated carbocycles. The van der Waals surface area contributed by atoms with E-state index in [1.54, 1.807) is 52.5 Å². The number of anilines is 2. The lowest BCUT2D eigenvalue weighted by molar-refractivity contribution is -0.122. The fourth-order valence-corrected chi connectivity index (χ4v) is 11.2. The molecule has 0 radical (unpaired) electrons. The van der Waals surface area contributed by atoms with Gasteiger partial charge in [-0.15, -0.1) is 0 Å². The van der Waals surface area contributed by atoms with E-state index >= 15 is 0 Å². The standard InChI is InChI=1S/2C20H19FN4O3S2/c2*1-11-19(30(22,27)28)29-20(24-11)25(2)18(26)15-8-12-5-6-13(9-14(12)10-15)17-16(21)4-3-7-23-17/h2*3-7,9,15H,8,10H2,1-2H3,(H2,22,27,28)/t2*15-/m10/s1. The first-order chi connectivity index (χ1) is 28.3. The fraction of sp³-hybridized carbons (Fsp3) is 0.250. The zero-order valence-electron chi connectivity index (χ0n) is 32.6. The minimum Gasteiger partial charge on any atom is -0.291 e. The Morgan fingerprint density at radius 3 is 1.33 bits per heavy atom. The van der Waals surface area contributed by atoms with Gasteiger partial charge in [-0.25, -0.2) is 45.9 Å². The molecule has 0 saturated heterocycles. The van der Waals surface area contributed by atoms with Crippen molar-refractivity contribution in [3.63, 3.8) is 0 Å². The predicted octanol–water partition coefficient (Wildman–Crippen LogP) is 5.36. The SMILES string of the molecule is Cc1nc(N(C)C(=O)[C@@H]2Cc3ccc(-c4ncccc4F)cc3C2)sc1S(N)(=O)=O.Cc1nc(N(C)C(=O)[C@H]2Cc3ccc(-c4ncccc4F)cc3C2)sc1S(N)(=O)=O. The highest BCUT2D eigenvalue weighted by Gasteiger charge is 2.34. The van der Waals surface area contributed by atoms with Crippen molar-refractivity contribution in [1.29, 1.82) is 0 Å². The van der Waals surface area contributed by atoms with E-state index in [1.165, 1.54) is 21.9 Å². The molecule has 14 nitrogen and oxygen atoms in total. The summed E-state index contributed by atoms with van der Waals surface area (Å²) >= 11 is 1.76. The number of sulfonamides is 2. The van der Waals surface area contributed by atoms with Crippen LogP contribution in [0.3, 0.4) is 0 Å². The Balaban J connectivity index is 0.000000181. The summed E-state index contributed by atoms with van der Waals surface area (Å²) in [6.07, 6.45) is 5.20. The van der Waals surface area contributed by atoms with Crippen molar-refractivity contribution in [2.24, 2.45) is 22.1 Å². The van der Waals surface area contributed by atoms with Gasteiger partial charge in [-0.05, 0) is 98.2 Å². The van der Waals surface area contributed by atoms with Crippen molar-refractivity contribution in [3.05, 3.63) is 118 Å². The number of thiazole rings is 2. The molecule has 0 unspecified atom stereocenters. The average molecular weight is 893 g/mol. The number of hydrogen-bond donors (Lipinski definition) is 2. The molecule has 2 aliphatic rings. The molecule has 0 bridgehead atoms. The van der Waals surface area contributed by atoms with Gasteiger partial charge in [0, 0.05) is 49.5 Å². The number of benzene rings is 2. The molecule has 2 aromatic carbocycles.